The minimum atomic E-state index is -3.60. The lowest BCUT2D eigenvalue weighted by molar-refractivity contribution is 0.287. The Bertz CT molecular complexity index is 736. The van der Waals surface area contributed by atoms with Gasteiger partial charge in [-0.05, 0) is 56.3 Å². The van der Waals surface area contributed by atoms with Crippen LogP contribution in [0, 0.1) is 17.2 Å². The van der Waals surface area contributed by atoms with Gasteiger partial charge in [0.1, 0.15) is 10.6 Å². The van der Waals surface area contributed by atoms with E-state index in [9.17, 15) is 8.42 Å². The number of halogens is 1. The van der Waals surface area contributed by atoms with Gasteiger partial charge in [-0.1, -0.05) is 0 Å². The van der Waals surface area contributed by atoms with Gasteiger partial charge in [0.05, 0.1) is 18.7 Å². The maximum atomic E-state index is 12.9. The zero-order valence-electron chi connectivity index (χ0n) is 14.3. The summed E-state index contributed by atoms with van der Waals surface area (Å²) in [5, 5.41) is 12.5. The van der Waals surface area contributed by atoms with E-state index in [0.717, 1.165) is 25.3 Å². The number of hydrogen-bond acceptors (Lipinski definition) is 5. The van der Waals surface area contributed by atoms with Crippen molar-refractivity contribution in [1.82, 2.24) is 9.62 Å². The number of nitrogens with one attached hydrogen (secondary N) is 1. The summed E-state index contributed by atoms with van der Waals surface area (Å²) in [5.41, 5.74) is 0.383. The van der Waals surface area contributed by atoms with Crippen molar-refractivity contribution in [2.45, 2.75) is 36.6 Å². The quantitative estimate of drug-likeness (QED) is 0.811. The van der Waals surface area contributed by atoms with E-state index in [4.69, 9.17) is 10.00 Å². The van der Waals surface area contributed by atoms with Crippen molar-refractivity contribution < 1.29 is 13.2 Å². The van der Waals surface area contributed by atoms with E-state index in [1.807, 2.05) is 6.07 Å². The van der Waals surface area contributed by atoms with Crippen LogP contribution in [0.4, 0.5) is 0 Å². The SMILES string of the molecule is COc1cc(C#N)ccc1S(=O)(=O)N1CCC(NCC2CC2)CC1.Cl. The zero-order chi connectivity index (χ0) is 17.2. The second-order valence-electron chi connectivity index (χ2n) is 6.51. The van der Waals surface area contributed by atoms with Crippen molar-refractivity contribution in [1.29, 1.82) is 5.26 Å². The maximum absolute atomic E-state index is 12.9. The zero-order valence-corrected chi connectivity index (χ0v) is 15.9. The Morgan fingerprint density at radius 3 is 2.52 bits per heavy atom. The van der Waals surface area contributed by atoms with Crippen LogP contribution in [0.5, 0.6) is 5.75 Å². The van der Waals surface area contributed by atoms with Gasteiger partial charge >= 0.3 is 0 Å². The maximum Gasteiger partial charge on any atom is 0.246 e. The molecule has 1 heterocycles. The molecule has 6 nitrogen and oxygen atoms in total. The summed E-state index contributed by atoms with van der Waals surface area (Å²) in [6.07, 6.45) is 4.28. The van der Waals surface area contributed by atoms with Gasteiger partial charge in [0, 0.05) is 19.1 Å². The van der Waals surface area contributed by atoms with Crippen molar-refractivity contribution in [2.24, 2.45) is 5.92 Å². The molecule has 1 aromatic rings. The summed E-state index contributed by atoms with van der Waals surface area (Å²) in [6, 6.07) is 6.84. The molecular weight excluding hydrogens is 362 g/mol. The highest BCUT2D eigenvalue weighted by Gasteiger charge is 2.32. The predicted molar refractivity (Wildman–Crippen MR) is 97.5 cm³/mol. The topological polar surface area (TPSA) is 82.4 Å². The van der Waals surface area contributed by atoms with Crippen LogP contribution in [-0.4, -0.2) is 45.5 Å². The van der Waals surface area contributed by atoms with Gasteiger partial charge < -0.3 is 10.1 Å². The fraction of sp³-hybridized carbons (Fsp3) is 0.588. The molecule has 0 aromatic heterocycles. The van der Waals surface area contributed by atoms with Crippen molar-refractivity contribution in [3.05, 3.63) is 23.8 Å². The molecule has 8 heteroatoms. The Morgan fingerprint density at radius 1 is 1.28 bits per heavy atom. The van der Waals surface area contributed by atoms with Crippen molar-refractivity contribution in [3.63, 3.8) is 0 Å². The molecule has 1 aromatic carbocycles. The summed E-state index contributed by atoms with van der Waals surface area (Å²) in [6.45, 7) is 2.07. The Kier molecular flexibility index (Phi) is 6.69. The molecule has 0 amide bonds. The third-order valence-corrected chi connectivity index (χ3v) is 6.69. The molecule has 1 saturated heterocycles. The first-order valence-electron chi connectivity index (χ1n) is 8.36. The van der Waals surface area contributed by atoms with Crippen LogP contribution in [0.15, 0.2) is 23.1 Å². The van der Waals surface area contributed by atoms with Crippen LogP contribution in [0.25, 0.3) is 0 Å². The van der Waals surface area contributed by atoms with Gasteiger partial charge in [0.25, 0.3) is 0 Å². The van der Waals surface area contributed by atoms with E-state index < -0.39 is 10.0 Å². The number of sulfonamides is 1. The lowest BCUT2D eigenvalue weighted by atomic mass is 10.1. The van der Waals surface area contributed by atoms with Crippen molar-refractivity contribution in [3.8, 4) is 11.8 Å². The highest BCUT2D eigenvalue weighted by atomic mass is 35.5. The van der Waals surface area contributed by atoms with Gasteiger partial charge in [0.2, 0.25) is 10.0 Å². The van der Waals surface area contributed by atoms with Crippen LogP contribution >= 0.6 is 12.4 Å². The highest BCUT2D eigenvalue weighted by molar-refractivity contribution is 7.89. The van der Waals surface area contributed by atoms with Crippen LogP contribution in [-0.2, 0) is 10.0 Å². The molecule has 1 aliphatic heterocycles. The molecule has 0 bridgehead atoms. The number of nitriles is 1. The van der Waals surface area contributed by atoms with E-state index in [1.54, 1.807) is 0 Å². The second kappa shape index (κ2) is 8.37. The molecule has 0 atom stereocenters. The average Bonchev–Trinajstić information content (AvgIpc) is 3.44. The lowest BCUT2D eigenvalue weighted by Crippen LogP contribution is -2.45. The van der Waals surface area contributed by atoms with Gasteiger partial charge in [-0.3, -0.25) is 0 Å². The lowest BCUT2D eigenvalue weighted by Gasteiger charge is -2.32. The molecule has 0 unspecified atom stereocenters. The number of ether oxygens (including phenoxy) is 1. The largest absolute Gasteiger partial charge is 0.495 e. The Morgan fingerprint density at radius 2 is 1.96 bits per heavy atom. The van der Waals surface area contributed by atoms with Gasteiger partial charge in [-0.25, -0.2) is 8.42 Å². The van der Waals surface area contributed by atoms with Crippen LogP contribution in [0.1, 0.15) is 31.2 Å². The van der Waals surface area contributed by atoms with E-state index >= 15 is 0 Å². The molecule has 138 valence electrons. The van der Waals surface area contributed by atoms with Crippen molar-refractivity contribution in [2.75, 3.05) is 26.7 Å². The second-order valence-corrected chi connectivity index (χ2v) is 8.41. The summed E-state index contributed by atoms with van der Waals surface area (Å²) >= 11 is 0. The molecule has 1 N–H and O–H groups in total. The Hall–Kier alpha value is -1.33. The number of benzene rings is 1. The summed E-state index contributed by atoms with van der Waals surface area (Å²) in [4.78, 5) is 0.133. The minimum absolute atomic E-state index is 0. The van der Waals surface area contributed by atoms with E-state index in [0.29, 0.717) is 24.7 Å². The molecule has 2 fully saturated rings. The minimum Gasteiger partial charge on any atom is -0.495 e. The summed E-state index contributed by atoms with van der Waals surface area (Å²) in [5.74, 6) is 1.05. The van der Waals surface area contributed by atoms with E-state index in [1.165, 1.54) is 42.5 Å². The van der Waals surface area contributed by atoms with Crippen LogP contribution in [0.2, 0.25) is 0 Å². The van der Waals surface area contributed by atoms with Crippen LogP contribution < -0.4 is 10.1 Å². The van der Waals surface area contributed by atoms with Gasteiger partial charge in [-0.2, -0.15) is 9.57 Å². The first-order chi connectivity index (χ1) is 11.5. The molecule has 3 rings (SSSR count). The smallest absolute Gasteiger partial charge is 0.246 e. The first-order valence-corrected chi connectivity index (χ1v) is 9.80. The Balaban J connectivity index is 0.00000225. The molecule has 25 heavy (non-hydrogen) atoms. The fourth-order valence-electron chi connectivity index (χ4n) is 3.04. The molecule has 0 spiro atoms. The van der Waals surface area contributed by atoms with E-state index in [-0.39, 0.29) is 23.1 Å². The standard InChI is InChI=1S/C17H23N3O3S.ClH/c1-23-16-10-14(11-18)4-5-17(16)24(21,22)20-8-6-15(7-9-20)19-12-13-2-3-13;/h4-5,10,13,15,19H,2-3,6-9,12H2,1H3;1H. The molecule has 1 saturated carbocycles. The average molecular weight is 386 g/mol. The van der Waals surface area contributed by atoms with Gasteiger partial charge in [-0.15, -0.1) is 12.4 Å². The third kappa shape index (κ3) is 4.64. The summed E-state index contributed by atoms with van der Waals surface area (Å²) < 4.78 is 32.5. The molecule has 1 aliphatic carbocycles. The monoisotopic (exact) mass is 385 g/mol. The number of nitrogens with zero attached hydrogens (tertiary/aromatic N) is 2. The van der Waals surface area contributed by atoms with Crippen molar-refractivity contribution >= 4 is 22.4 Å². The Labute approximate surface area is 155 Å². The number of methoxy groups -OCH3 is 1. The van der Waals surface area contributed by atoms with Crippen LogP contribution in [0.3, 0.4) is 0 Å². The third-order valence-electron chi connectivity index (χ3n) is 4.76. The van der Waals surface area contributed by atoms with E-state index in [2.05, 4.69) is 5.32 Å². The molecular formula is C17H24ClN3O3S. The normalized spacial score (nSPS) is 19.0. The number of hydrogen-bond donors (Lipinski definition) is 1. The first kappa shape index (κ1) is 20.0. The molecule has 0 radical (unpaired) electrons. The molecule has 2 aliphatic rings. The highest BCUT2D eigenvalue weighted by Crippen LogP contribution is 2.30. The van der Waals surface area contributed by atoms with Gasteiger partial charge in [0.15, 0.2) is 0 Å². The number of piperidine rings is 1. The fourth-order valence-corrected chi connectivity index (χ4v) is 4.65. The number of rotatable bonds is 6. The predicted octanol–water partition coefficient (Wildman–Crippen LogP) is 2.14. The summed E-state index contributed by atoms with van der Waals surface area (Å²) in [7, 11) is -2.18.